The molecular weight excluding hydrogens is 427 g/mol. The van der Waals surface area contributed by atoms with Gasteiger partial charge in [0.1, 0.15) is 11.5 Å². The van der Waals surface area contributed by atoms with Gasteiger partial charge in [0.25, 0.3) is 11.8 Å². The van der Waals surface area contributed by atoms with E-state index < -0.39 is 24.0 Å². The van der Waals surface area contributed by atoms with Gasteiger partial charge in [0, 0.05) is 5.02 Å². The minimum atomic E-state index is -0.898. The third-order valence-electron chi connectivity index (χ3n) is 4.28. The van der Waals surface area contributed by atoms with Gasteiger partial charge in [-0.25, -0.2) is 0 Å². The lowest BCUT2D eigenvalue weighted by Gasteiger charge is -2.20. The summed E-state index contributed by atoms with van der Waals surface area (Å²) in [6, 6.07) is 12.2. The highest BCUT2D eigenvalue weighted by atomic mass is 35.5. The smallest absolute Gasteiger partial charge is 0.279 e. The topological polar surface area (TPSA) is 76.7 Å². The number of hydrazine groups is 1. The fourth-order valence-corrected chi connectivity index (χ4v) is 2.89. The summed E-state index contributed by atoms with van der Waals surface area (Å²) >= 11 is 11.9. The van der Waals surface area contributed by atoms with Gasteiger partial charge in [0.15, 0.2) is 12.2 Å². The van der Waals surface area contributed by atoms with Crippen LogP contribution in [0.1, 0.15) is 40.2 Å². The molecule has 0 radical (unpaired) electrons. The van der Waals surface area contributed by atoms with Crippen LogP contribution >= 0.6 is 23.2 Å². The number of nitrogens with one attached hydrogen (secondary N) is 2. The Labute approximate surface area is 186 Å². The first-order valence-electron chi connectivity index (χ1n) is 9.46. The third-order valence-corrected chi connectivity index (χ3v) is 4.81. The highest BCUT2D eigenvalue weighted by molar-refractivity contribution is 6.35. The van der Waals surface area contributed by atoms with Crippen LogP contribution in [-0.4, -0.2) is 24.0 Å². The van der Waals surface area contributed by atoms with Crippen LogP contribution in [0.25, 0.3) is 0 Å². The summed E-state index contributed by atoms with van der Waals surface area (Å²) in [5.74, 6) is -0.174. The van der Waals surface area contributed by atoms with Crippen molar-refractivity contribution in [2.24, 2.45) is 0 Å². The van der Waals surface area contributed by atoms with Crippen LogP contribution in [0, 0.1) is 0 Å². The fraction of sp³-hybridized carbons (Fsp3) is 0.364. The molecule has 0 aliphatic carbocycles. The van der Waals surface area contributed by atoms with E-state index in [1.165, 1.54) is 13.0 Å². The van der Waals surface area contributed by atoms with Gasteiger partial charge in [0.2, 0.25) is 0 Å². The summed E-state index contributed by atoms with van der Waals surface area (Å²) in [5.41, 5.74) is 5.84. The van der Waals surface area contributed by atoms with Crippen molar-refractivity contribution >= 4 is 35.0 Å². The van der Waals surface area contributed by atoms with E-state index in [1.807, 2.05) is 24.3 Å². The van der Waals surface area contributed by atoms with Crippen molar-refractivity contribution in [3.63, 3.8) is 0 Å². The SMILES string of the molecule is CC(Oc1ccc(C(C)(C)C)cc1)C(=O)NNC(=O)C(C)Oc1ccc(Cl)cc1Cl. The standard InChI is InChI=1S/C22H26Cl2N2O4/c1-13(29-17-9-6-15(7-10-17)22(3,4)5)20(27)25-26-21(28)14(2)30-19-11-8-16(23)12-18(19)24/h6-14H,1-5H3,(H,25,27)(H,26,28). The predicted octanol–water partition coefficient (Wildman–Crippen LogP) is 4.67. The van der Waals surface area contributed by atoms with Crippen molar-refractivity contribution in [3.05, 3.63) is 58.1 Å². The number of carbonyl (C=O) groups is 2. The molecular formula is C22H26Cl2N2O4. The molecule has 0 aromatic heterocycles. The van der Waals surface area contributed by atoms with Crippen LogP contribution in [0.2, 0.25) is 10.0 Å². The molecule has 2 unspecified atom stereocenters. The molecule has 8 heteroatoms. The van der Waals surface area contributed by atoms with Crippen LogP contribution in [0.5, 0.6) is 11.5 Å². The van der Waals surface area contributed by atoms with Crippen LogP contribution in [0.3, 0.4) is 0 Å². The number of hydrogen-bond acceptors (Lipinski definition) is 4. The maximum atomic E-state index is 12.2. The third kappa shape index (κ3) is 6.82. The minimum Gasteiger partial charge on any atom is -0.481 e. The van der Waals surface area contributed by atoms with Crippen molar-refractivity contribution in [3.8, 4) is 11.5 Å². The van der Waals surface area contributed by atoms with E-state index in [1.54, 1.807) is 19.1 Å². The monoisotopic (exact) mass is 452 g/mol. The Balaban J connectivity index is 1.84. The molecule has 0 saturated heterocycles. The Morgan fingerprint density at radius 2 is 1.40 bits per heavy atom. The van der Waals surface area contributed by atoms with Crippen LogP contribution < -0.4 is 20.3 Å². The highest BCUT2D eigenvalue weighted by Gasteiger charge is 2.20. The maximum Gasteiger partial charge on any atom is 0.279 e. The molecule has 0 spiro atoms. The van der Waals surface area contributed by atoms with E-state index in [4.69, 9.17) is 32.7 Å². The second-order valence-electron chi connectivity index (χ2n) is 7.85. The number of rotatable bonds is 6. The van der Waals surface area contributed by atoms with Gasteiger partial charge in [0.05, 0.1) is 5.02 Å². The first-order valence-corrected chi connectivity index (χ1v) is 10.2. The van der Waals surface area contributed by atoms with E-state index in [-0.39, 0.29) is 10.4 Å². The van der Waals surface area contributed by atoms with Crippen LogP contribution in [-0.2, 0) is 15.0 Å². The highest BCUT2D eigenvalue weighted by Crippen LogP contribution is 2.28. The molecule has 2 aromatic carbocycles. The quantitative estimate of drug-likeness (QED) is 0.624. The molecule has 0 fully saturated rings. The van der Waals surface area contributed by atoms with Gasteiger partial charge < -0.3 is 9.47 Å². The molecule has 30 heavy (non-hydrogen) atoms. The molecule has 162 valence electrons. The Bertz CT molecular complexity index is 895. The van der Waals surface area contributed by atoms with Crippen molar-refractivity contribution in [2.75, 3.05) is 0 Å². The average Bonchev–Trinajstić information content (AvgIpc) is 2.67. The van der Waals surface area contributed by atoms with Gasteiger partial charge in [-0.3, -0.25) is 20.4 Å². The summed E-state index contributed by atoms with van der Waals surface area (Å²) in [5, 5.41) is 0.740. The molecule has 2 amide bonds. The van der Waals surface area contributed by atoms with Gasteiger partial charge in [-0.1, -0.05) is 56.1 Å². The molecule has 0 heterocycles. The van der Waals surface area contributed by atoms with E-state index in [2.05, 4.69) is 31.6 Å². The number of hydrogen-bond donors (Lipinski definition) is 2. The first kappa shape index (κ1) is 23.8. The van der Waals surface area contributed by atoms with Gasteiger partial charge in [-0.2, -0.15) is 0 Å². The lowest BCUT2D eigenvalue weighted by Crippen LogP contribution is -2.50. The van der Waals surface area contributed by atoms with Crippen molar-refractivity contribution in [2.45, 2.75) is 52.2 Å². The Kier molecular flexibility index (Phi) is 7.98. The zero-order chi connectivity index (χ0) is 22.5. The molecule has 6 nitrogen and oxygen atoms in total. The second kappa shape index (κ2) is 10.0. The summed E-state index contributed by atoms with van der Waals surface area (Å²) in [4.78, 5) is 24.4. The molecule has 0 bridgehead atoms. The molecule has 2 atom stereocenters. The zero-order valence-electron chi connectivity index (χ0n) is 17.6. The van der Waals surface area contributed by atoms with Crippen molar-refractivity contribution < 1.29 is 19.1 Å². The Morgan fingerprint density at radius 1 is 0.867 bits per heavy atom. The molecule has 2 aromatic rings. The summed E-state index contributed by atoms with van der Waals surface area (Å²) in [6.07, 6.45) is -1.71. The summed E-state index contributed by atoms with van der Waals surface area (Å²) < 4.78 is 11.1. The average molecular weight is 453 g/mol. The number of carbonyl (C=O) groups excluding carboxylic acids is 2. The van der Waals surface area contributed by atoms with Crippen molar-refractivity contribution in [1.82, 2.24) is 10.9 Å². The van der Waals surface area contributed by atoms with Crippen LogP contribution in [0.4, 0.5) is 0 Å². The van der Waals surface area contributed by atoms with E-state index in [0.29, 0.717) is 16.5 Å². The fourth-order valence-electron chi connectivity index (χ4n) is 2.43. The first-order chi connectivity index (χ1) is 14.0. The van der Waals surface area contributed by atoms with Crippen LogP contribution in [0.15, 0.2) is 42.5 Å². The minimum absolute atomic E-state index is 0.0286. The molecule has 0 saturated carbocycles. The molecule has 0 aliphatic heterocycles. The summed E-state index contributed by atoms with van der Waals surface area (Å²) in [7, 11) is 0. The maximum absolute atomic E-state index is 12.2. The zero-order valence-corrected chi connectivity index (χ0v) is 19.1. The van der Waals surface area contributed by atoms with Gasteiger partial charge in [-0.05, 0) is 55.2 Å². The Hall–Kier alpha value is -2.44. The lowest BCUT2D eigenvalue weighted by atomic mass is 9.87. The van der Waals surface area contributed by atoms with E-state index in [9.17, 15) is 9.59 Å². The molecule has 0 aliphatic rings. The second-order valence-corrected chi connectivity index (χ2v) is 8.69. The lowest BCUT2D eigenvalue weighted by molar-refractivity contribution is -0.135. The molecule has 2 N–H and O–H groups in total. The Morgan fingerprint density at radius 3 is 1.90 bits per heavy atom. The normalized spacial score (nSPS) is 13.2. The number of amides is 2. The van der Waals surface area contributed by atoms with E-state index in [0.717, 1.165) is 5.56 Å². The largest absolute Gasteiger partial charge is 0.481 e. The van der Waals surface area contributed by atoms with Gasteiger partial charge in [-0.15, -0.1) is 0 Å². The molecule has 2 rings (SSSR count). The number of ether oxygens (including phenoxy) is 2. The number of halogens is 2. The summed E-state index contributed by atoms with van der Waals surface area (Å²) in [6.45, 7) is 9.48. The van der Waals surface area contributed by atoms with E-state index >= 15 is 0 Å². The van der Waals surface area contributed by atoms with Crippen molar-refractivity contribution in [1.29, 1.82) is 0 Å². The predicted molar refractivity (Wildman–Crippen MR) is 118 cm³/mol. The van der Waals surface area contributed by atoms with Gasteiger partial charge >= 0.3 is 0 Å². The number of benzene rings is 2.